The highest BCUT2D eigenvalue weighted by molar-refractivity contribution is 7.89. The molecule has 0 aliphatic heterocycles. The molecule has 0 saturated heterocycles. The van der Waals surface area contributed by atoms with Gasteiger partial charge in [-0.3, -0.25) is 4.79 Å². The van der Waals surface area contributed by atoms with Gasteiger partial charge in [0.2, 0.25) is 15.9 Å². The predicted octanol–water partition coefficient (Wildman–Crippen LogP) is 1.63. The Morgan fingerprint density at radius 3 is 2.35 bits per heavy atom. The third-order valence-electron chi connectivity index (χ3n) is 3.44. The number of hydrogen-bond donors (Lipinski definition) is 2. The van der Waals surface area contributed by atoms with Gasteiger partial charge in [-0.1, -0.05) is 6.07 Å². The van der Waals surface area contributed by atoms with Crippen LogP contribution in [0.25, 0.3) is 0 Å². The number of methoxy groups -OCH3 is 3. The van der Waals surface area contributed by atoms with Crippen molar-refractivity contribution < 1.29 is 27.4 Å². The normalized spacial score (nSPS) is 10.9. The van der Waals surface area contributed by atoms with E-state index in [0.29, 0.717) is 17.2 Å². The smallest absolute Gasteiger partial charge is 0.241 e. The van der Waals surface area contributed by atoms with Crippen LogP contribution in [0, 0.1) is 0 Å². The largest absolute Gasteiger partial charge is 0.497 e. The predicted molar refractivity (Wildman–Crippen MR) is 96.4 cm³/mol. The molecule has 0 aliphatic carbocycles. The Balaban J connectivity index is 2.04. The van der Waals surface area contributed by atoms with Gasteiger partial charge in [-0.2, -0.15) is 0 Å². The number of benzene rings is 2. The summed E-state index contributed by atoms with van der Waals surface area (Å²) in [7, 11) is 0.481. The van der Waals surface area contributed by atoms with E-state index >= 15 is 0 Å². The lowest BCUT2D eigenvalue weighted by molar-refractivity contribution is -0.115. The first-order valence-corrected chi connectivity index (χ1v) is 9.03. The van der Waals surface area contributed by atoms with Gasteiger partial charge in [0.15, 0.2) is 11.5 Å². The minimum Gasteiger partial charge on any atom is -0.497 e. The number of hydrogen-bond acceptors (Lipinski definition) is 6. The second kappa shape index (κ2) is 8.54. The molecule has 26 heavy (non-hydrogen) atoms. The maximum Gasteiger partial charge on any atom is 0.241 e. The second-order valence-electron chi connectivity index (χ2n) is 5.12. The Morgan fingerprint density at radius 2 is 1.69 bits per heavy atom. The number of carbonyl (C=O) groups is 1. The average molecular weight is 380 g/mol. The van der Waals surface area contributed by atoms with E-state index in [0.717, 1.165) is 0 Å². The summed E-state index contributed by atoms with van der Waals surface area (Å²) in [5, 5.41) is 2.59. The SMILES string of the molecule is COc1cccc(NC(=O)CNS(=O)(=O)c2ccc(OC)c(OC)c2)c1. The van der Waals surface area contributed by atoms with E-state index < -0.39 is 22.5 Å². The molecule has 0 bridgehead atoms. The van der Waals surface area contributed by atoms with E-state index in [1.165, 1.54) is 39.5 Å². The summed E-state index contributed by atoms with van der Waals surface area (Å²) in [5.74, 6) is 0.745. The Hall–Kier alpha value is -2.78. The van der Waals surface area contributed by atoms with Crippen molar-refractivity contribution in [3.05, 3.63) is 42.5 Å². The summed E-state index contributed by atoms with van der Waals surface area (Å²) < 4.78 is 42.2. The second-order valence-corrected chi connectivity index (χ2v) is 6.89. The molecule has 0 aromatic heterocycles. The van der Waals surface area contributed by atoms with Crippen LogP contribution < -0.4 is 24.2 Å². The third kappa shape index (κ3) is 4.87. The minimum atomic E-state index is -3.89. The molecule has 1 amide bonds. The van der Waals surface area contributed by atoms with Crippen LogP contribution in [0.3, 0.4) is 0 Å². The quantitative estimate of drug-likeness (QED) is 0.722. The summed E-state index contributed by atoms with van der Waals surface area (Å²) in [6.45, 7) is -0.423. The molecule has 9 heteroatoms. The molecular formula is C17H20N2O6S. The lowest BCUT2D eigenvalue weighted by atomic mass is 10.3. The zero-order valence-corrected chi connectivity index (χ0v) is 15.4. The van der Waals surface area contributed by atoms with Crippen LogP contribution >= 0.6 is 0 Å². The molecular weight excluding hydrogens is 360 g/mol. The van der Waals surface area contributed by atoms with Gasteiger partial charge < -0.3 is 19.5 Å². The van der Waals surface area contributed by atoms with Crippen molar-refractivity contribution in [1.82, 2.24) is 4.72 Å². The first-order chi connectivity index (χ1) is 12.4. The van der Waals surface area contributed by atoms with Crippen molar-refractivity contribution >= 4 is 21.6 Å². The van der Waals surface area contributed by atoms with Gasteiger partial charge in [0.25, 0.3) is 0 Å². The Bertz CT molecular complexity index is 883. The third-order valence-corrected chi connectivity index (χ3v) is 4.84. The summed E-state index contributed by atoms with van der Waals surface area (Å²) in [5.41, 5.74) is 0.500. The molecule has 0 radical (unpaired) electrons. The van der Waals surface area contributed by atoms with Crippen LogP contribution in [0.1, 0.15) is 0 Å². The highest BCUT2D eigenvalue weighted by Gasteiger charge is 2.18. The van der Waals surface area contributed by atoms with Crippen molar-refractivity contribution in [2.24, 2.45) is 0 Å². The zero-order valence-electron chi connectivity index (χ0n) is 14.6. The van der Waals surface area contributed by atoms with Gasteiger partial charge in [0.1, 0.15) is 5.75 Å². The molecule has 0 atom stereocenters. The highest BCUT2D eigenvalue weighted by atomic mass is 32.2. The number of rotatable bonds is 8. The molecule has 2 N–H and O–H groups in total. The molecule has 8 nitrogen and oxygen atoms in total. The molecule has 2 rings (SSSR count). The Labute approximate surface area is 152 Å². The van der Waals surface area contributed by atoms with Gasteiger partial charge in [0.05, 0.1) is 32.8 Å². The summed E-state index contributed by atoms with van der Waals surface area (Å²) >= 11 is 0. The zero-order chi connectivity index (χ0) is 19.2. The lowest BCUT2D eigenvalue weighted by Gasteiger charge is -2.11. The van der Waals surface area contributed by atoms with Crippen LogP contribution in [-0.4, -0.2) is 42.2 Å². The number of ether oxygens (including phenoxy) is 3. The standard InChI is InChI=1S/C17H20N2O6S/c1-23-13-6-4-5-12(9-13)19-17(20)11-18-26(21,22)14-7-8-15(24-2)16(10-14)25-3/h4-10,18H,11H2,1-3H3,(H,19,20). The maximum absolute atomic E-state index is 12.3. The molecule has 0 unspecified atom stereocenters. The van der Waals surface area contributed by atoms with E-state index in [-0.39, 0.29) is 10.6 Å². The van der Waals surface area contributed by atoms with Crippen LogP contribution in [0.2, 0.25) is 0 Å². The van der Waals surface area contributed by atoms with E-state index in [2.05, 4.69) is 10.0 Å². The molecule has 0 aliphatic rings. The molecule has 140 valence electrons. The van der Waals surface area contributed by atoms with E-state index in [1.807, 2.05) is 0 Å². The van der Waals surface area contributed by atoms with E-state index in [1.54, 1.807) is 24.3 Å². The summed E-state index contributed by atoms with van der Waals surface area (Å²) in [4.78, 5) is 12.0. The van der Waals surface area contributed by atoms with Crippen molar-refractivity contribution in [1.29, 1.82) is 0 Å². The monoisotopic (exact) mass is 380 g/mol. The van der Waals surface area contributed by atoms with Crippen molar-refractivity contribution in [2.75, 3.05) is 33.2 Å². The molecule has 2 aromatic carbocycles. The van der Waals surface area contributed by atoms with Gasteiger partial charge in [-0.05, 0) is 24.3 Å². The van der Waals surface area contributed by atoms with Crippen molar-refractivity contribution in [2.45, 2.75) is 4.90 Å². The van der Waals surface area contributed by atoms with Gasteiger partial charge in [-0.15, -0.1) is 0 Å². The van der Waals surface area contributed by atoms with Crippen LogP contribution in [0.4, 0.5) is 5.69 Å². The van der Waals surface area contributed by atoms with Gasteiger partial charge in [-0.25, -0.2) is 13.1 Å². The fourth-order valence-electron chi connectivity index (χ4n) is 2.13. The fraction of sp³-hybridized carbons (Fsp3) is 0.235. The van der Waals surface area contributed by atoms with E-state index in [4.69, 9.17) is 14.2 Å². The van der Waals surface area contributed by atoms with Crippen LogP contribution in [-0.2, 0) is 14.8 Å². The van der Waals surface area contributed by atoms with Crippen molar-refractivity contribution in [3.8, 4) is 17.2 Å². The fourth-order valence-corrected chi connectivity index (χ4v) is 3.13. The maximum atomic E-state index is 12.3. The first-order valence-electron chi connectivity index (χ1n) is 7.55. The molecule has 0 spiro atoms. The van der Waals surface area contributed by atoms with Gasteiger partial charge in [0, 0.05) is 17.8 Å². The first kappa shape index (κ1) is 19.5. The van der Waals surface area contributed by atoms with Crippen molar-refractivity contribution in [3.63, 3.8) is 0 Å². The number of sulfonamides is 1. The molecule has 0 fully saturated rings. The highest BCUT2D eigenvalue weighted by Crippen LogP contribution is 2.29. The number of carbonyl (C=O) groups excluding carboxylic acids is 1. The van der Waals surface area contributed by atoms with E-state index in [9.17, 15) is 13.2 Å². The van der Waals surface area contributed by atoms with Crippen LogP contribution in [0.5, 0.6) is 17.2 Å². The average Bonchev–Trinajstić information content (AvgIpc) is 2.66. The minimum absolute atomic E-state index is 0.0377. The Kier molecular flexibility index (Phi) is 6.42. The summed E-state index contributed by atoms with van der Waals surface area (Å²) in [6, 6.07) is 10.9. The molecule has 0 saturated carbocycles. The summed E-state index contributed by atoms with van der Waals surface area (Å²) in [6.07, 6.45) is 0. The lowest BCUT2D eigenvalue weighted by Crippen LogP contribution is -2.32. The Morgan fingerprint density at radius 1 is 0.962 bits per heavy atom. The number of amides is 1. The molecule has 2 aromatic rings. The van der Waals surface area contributed by atoms with Gasteiger partial charge >= 0.3 is 0 Å². The number of nitrogens with one attached hydrogen (secondary N) is 2. The molecule has 0 heterocycles. The topological polar surface area (TPSA) is 103 Å². The van der Waals surface area contributed by atoms with Crippen LogP contribution in [0.15, 0.2) is 47.4 Å². The number of anilines is 1.